The Hall–Kier alpha value is -3.30. The quantitative estimate of drug-likeness (QED) is 0.613. The first-order chi connectivity index (χ1) is 15.3. The van der Waals surface area contributed by atoms with Crippen molar-refractivity contribution in [1.29, 1.82) is 0 Å². The topological polar surface area (TPSA) is 69.0 Å². The number of fused-ring (bicyclic) bond motifs is 2. The van der Waals surface area contributed by atoms with Crippen LogP contribution in [0.1, 0.15) is 41.4 Å². The summed E-state index contributed by atoms with van der Waals surface area (Å²) >= 11 is 0. The van der Waals surface area contributed by atoms with E-state index in [1.807, 2.05) is 6.07 Å². The molecule has 2 aromatic heterocycles. The van der Waals surface area contributed by atoms with E-state index in [4.69, 9.17) is 9.47 Å². The van der Waals surface area contributed by atoms with Crippen molar-refractivity contribution in [1.82, 2.24) is 19.5 Å². The molecule has 1 saturated heterocycles. The number of halogens is 3. The summed E-state index contributed by atoms with van der Waals surface area (Å²) in [5.74, 6) is 0.910. The molecule has 2 aliphatic rings. The Morgan fingerprint density at radius 3 is 2.81 bits per heavy atom. The highest BCUT2D eigenvalue weighted by molar-refractivity contribution is 5.79. The van der Waals surface area contributed by atoms with Crippen molar-refractivity contribution in [3.8, 4) is 11.5 Å². The molecule has 0 aliphatic carbocycles. The molecule has 0 spiro atoms. The molecule has 0 bridgehead atoms. The van der Waals surface area contributed by atoms with Crippen molar-refractivity contribution >= 4 is 11.6 Å². The van der Waals surface area contributed by atoms with Gasteiger partial charge in [-0.25, -0.2) is 9.50 Å². The van der Waals surface area contributed by atoms with Gasteiger partial charge in [0.25, 0.3) is 0 Å². The monoisotopic (exact) mass is 446 g/mol. The van der Waals surface area contributed by atoms with Crippen LogP contribution in [0.25, 0.3) is 5.65 Å². The third-order valence-corrected chi connectivity index (χ3v) is 5.84. The number of likely N-dealkylation sites (tertiary alicyclic amines) is 1. The Kier molecular flexibility index (Phi) is 4.94. The number of benzene rings is 1. The maximum Gasteiger partial charge on any atom is 0.433 e. The first-order valence-electron chi connectivity index (χ1n) is 10.4. The number of carbonyl (C=O) groups excluding carboxylic acids is 1. The van der Waals surface area contributed by atoms with Crippen molar-refractivity contribution in [3.63, 3.8) is 0 Å². The highest BCUT2D eigenvalue weighted by atomic mass is 19.4. The van der Waals surface area contributed by atoms with Crippen LogP contribution in [-0.2, 0) is 17.4 Å². The molecule has 0 saturated carbocycles. The lowest BCUT2D eigenvalue weighted by atomic mass is 9.93. The van der Waals surface area contributed by atoms with E-state index < -0.39 is 11.9 Å². The molecule has 1 fully saturated rings. The van der Waals surface area contributed by atoms with Gasteiger partial charge in [-0.15, -0.1) is 0 Å². The van der Waals surface area contributed by atoms with Gasteiger partial charge in [0.05, 0.1) is 12.1 Å². The third kappa shape index (κ3) is 3.85. The maximum atomic E-state index is 13.6. The van der Waals surface area contributed by atoms with Crippen LogP contribution in [0.4, 0.5) is 13.2 Å². The molecule has 168 valence electrons. The molecule has 1 atom stereocenters. The van der Waals surface area contributed by atoms with E-state index in [1.165, 1.54) is 6.07 Å². The molecule has 5 rings (SSSR count). The van der Waals surface area contributed by atoms with Gasteiger partial charge in [0.1, 0.15) is 5.69 Å². The molecule has 7 nitrogen and oxygen atoms in total. The number of piperidine rings is 1. The van der Waals surface area contributed by atoms with E-state index in [0.29, 0.717) is 48.8 Å². The van der Waals surface area contributed by atoms with Crippen LogP contribution in [0.2, 0.25) is 0 Å². The number of carbonyl (C=O) groups is 1. The van der Waals surface area contributed by atoms with Crippen molar-refractivity contribution in [2.75, 3.05) is 19.9 Å². The molecule has 0 unspecified atom stereocenters. The van der Waals surface area contributed by atoms with Gasteiger partial charge >= 0.3 is 6.18 Å². The second-order valence-corrected chi connectivity index (χ2v) is 8.16. The van der Waals surface area contributed by atoms with Crippen LogP contribution < -0.4 is 9.47 Å². The average Bonchev–Trinajstić information content (AvgIpc) is 3.37. The van der Waals surface area contributed by atoms with E-state index >= 15 is 0 Å². The number of ether oxygens (including phenoxy) is 2. The number of aromatic nitrogens is 3. The van der Waals surface area contributed by atoms with E-state index in [0.717, 1.165) is 16.1 Å². The van der Waals surface area contributed by atoms with Gasteiger partial charge in [-0.05, 0) is 43.5 Å². The molecule has 0 radical (unpaired) electrons. The van der Waals surface area contributed by atoms with Crippen molar-refractivity contribution in [2.24, 2.45) is 0 Å². The van der Waals surface area contributed by atoms with Gasteiger partial charge in [0.2, 0.25) is 12.7 Å². The zero-order chi connectivity index (χ0) is 22.5. The van der Waals surface area contributed by atoms with Crippen LogP contribution in [0.3, 0.4) is 0 Å². The Labute approximate surface area is 181 Å². The minimum atomic E-state index is -4.56. The predicted octanol–water partition coefficient (Wildman–Crippen LogP) is 3.73. The average molecular weight is 446 g/mol. The van der Waals surface area contributed by atoms with Crippen LogP contribution >= 0.6 is 0 Å². The van der Waals surface area contributed by atoms with Gasteiger partial charge in [0, 0.05) is 30.8 Å². The molecule has 32 heavy (non-hydrogen) atoms. The molecule has 2 aliphatic heterocycles. The van der Waals surface area contributed by atoms with Gasteiger partial charge in [-0.2, -0.15) is 18.3 Å². The highest BCUT2D eigenvalue weighted by Gasteiger charge is 2.36. The van der Waals surface area contributed by atoms with Gasteiger partial charge in [-0.3, -0.25) is 4.79 Å². The smallest absolute Gasteiger partial charge is 0.433 e. The minimum absolute atomic E-state index is 0.0779. The Bertz CT molecular complexity index is 1190. The van der Waals surface area contributed by atoms with Crippen LogP contribution in [-0.4, -0.2) is 45.3 Å². The number of aryl methyl sites for hydroxylation is 1. The summed E-state index contributed by atoms with van der Waals surface area (Å²) in [5.41, 5.74) is 0.912. The summed E-state index contributed by atoms with van der Waals surface area (Å²) in [7, 11) is 0. The summed E-state index contributed by atoms with van der Waals surface area (Å²) < 4.78 is 52.4. The minimum Gasteiger partial charge on any atom is -0.454 e. The fraction of sp³-hybridized carbons (Fsp3) is 0.409. The number of nitrogens with zero attached hydrogens (tertiary/aromatic N) is 4. The second-order valence-electron chi connectivity index (χ2n) is 8.16. The number of amides is 1. The summed E-state index contributed by atoms with van der Waals surface area (Å²) in [6.45, 7) is 2.69. The first kappa shape index (κ1) is 20.6. The largest absolute Gasteiger partial charge is 0.454 e. The lowest BCUT2D eigenvalue weighted by Crippen LogP contribution is -2.40. The molecule has 1 aromatic carbocycles. The van der Waals surface area contributed by atoms with E-state index in [2.05, 4.69) is 10.1 Å². The molecule has 3 aromatic rings. The Balaban J connectivity index is 1.36. The molecular weight excluding hydrogens is 425 g/mol. The second kappa shape index (κ2) is 7.68. The van der Waals surface area contributed by atoms with Crippen LogP contribution in [0.5, 0.6) is 11.5 Å². The SMILES string of the molecule is Cc1cc2nc([C@@H]3CCCN(C(=O)Cc4ccc5c(c4)OCO5)C3)cc(C(F)(F)F)n2n1. The van der Waals surface area contributed by atoms with Crippen LogP contribution in [0, 0.1) is 6.92 Å². The van der Waals surface area contributed by atoms with Gasteiger partial charge in [0.15, 0.2) is 17.1 Å². The van der Waals surface area contributed by atoms with E-state index in [9.17, 15) is 18.0 Å². The van der Waals surface area contributed by atoms with Crippen molar-refractivity contribution in [2.45, 2.75) is 38.3 Å². The number of hydrogen-bond donors (Lipinski definition) is 0. The van der Waals surface area contributed by atoms with Crippen molar-refractivity contribution in [3.05, 3.63) is 53.0 Å². The standard InChI is InChI=1S/C22H21F3N4O3/c1-13-7-20-26-16(10-19(22(23,24)25)29(20)27-13)15-3-2-6-28(11-15)21(30)9-14-4-5-17-18(8-14)32-12-31-17/h4-5,7-8,10,15H,2-3,6,9,11-12H2,1H3/t15-/m1/s1. The molecule has 4 heterocycles. The highest BCUT2D eigenvalue weighted by Crippen LogP contribution is 2.35. The normalized spacial score (nSPS) is 18.4. The van der Waals surface area contributed by atoms with Crippen molar-refractivity contribution < 1.29 is 27.4 Å². The number of rotatable bonds is 3. The predicted molar refractivity (Wildman–Crippen MR) is 108 cm³/mol. The molecular formula is C22H21F3N4O3. The third-order valence-electron chi connectivity index (χ3n) is 5.84. The zero-order valence-electron chi connectivity index (χ0n) is 17.4. The Morgan fingerprint density at radius 2 is 2.00 bits per heavy atom. The van der Waals surface area contributed by atoms with E-state index in [-0.39, 0.29) is 30.7 Å². The lowest BCUT2D eigenvalue weighted by molar-refractivity contribution is -0.142. The Morgan fingerprint density at radius 1 is 1.19 bits per heavy atom. The summed E-state index contributed by atoms with van der Waals surface area (Å²) in [4.78, 5) is 19.1. The molecule has 10 heteroatoms. The van der Waals surface area contributed by atoms with Gasteiger partial charge < -0.3 is 14.4 Å². The fourth-order valence-corrected chi connectivity index (χ4v) is 4.30. The summed E-state index contributed by atoms with van der Waals surface area (Å²) in [5, 5.41) is 3.93. The fourth-order valence-electron chi connectivity index (χ4n) is 4.30. The first-order valence-corrected chi connectivity index (χ1v) is 10.4. The zero-order valence-corrected chi connectivity index (χ0v) is 17.4. The van der Waals surface area contributed by atoms with E-state index in [1.54, 1.807) is 24.0 Å². The number of alkyl halides is 3. The molecule has 0 N–H and O–H groups in total. The maximum absolute atomic E-state index is 13.6. The lowest BCUT2D eigenvalue weighted by Gasteiger charge is -2.33. The van der Waals surface area contributed by atoms with Gasteiger partial charge in [-0.1, -0.05) is 6.07 Å². The molecule has 1 amide bonds. The van der Waals surface area contributed by atoms with Crippen LogP contribution in [0.15, 0.2) is 30.3 Å². The number of hydrogen-bond acceptors (Lipinski definition) is 5. The summed E-state index contributed by atoms with van der Waals surface area (Å²) in [6.07, 6.45) is -3.01. The summed E-state index contributed by atoms with van der Waals surface area (Å²) in [6, 6.07) is 7.98.